The summed E-state index contributed by atoms with van der Waals surface area (Å²) in [6.07, 6.45) is 1.57. The van der Waals surface area contributed by atoms with Crippen molar-refractivity contribution >= 4 is 29.5 Å². The lowest BCUT2D eigenvalue weighted by molar-refractivity contribution is -0.151. The van der Waals surface area contributed by atoms with Crippen LogP contribution >= 0.6 is 11.8 Å². The molecule has 0 radical (unpaired) electrons. The van der Waals surface area contributed by atoms with Gasteiger partial charge in [0.05, 0.1) is 19.8 Å². The van der Waals surface area contributed by atoms with E-state index in [1.165, 1.54) is 30.0 Å². The fourth-order valence-corrected chi connectivity index (χ4v) is 3.95. The van der Waals surface area contributed by atoms with E-state index in [-0.39, 0.29) is 29.3 Å². The maximum absolute atomic E-state index is 12.3. The van der Waals surface area contributed by atoms with Gasteiger partial charge in [-0.1, -0.05) is 0 Å². The van der Waals surface area contributed by atoms with Crippen molar-refractivity contribution in [1.29, 1.82) is 0 Å². The molecule has 2 aliphatic heterocycles. The Morgan fingerprint density at radius 1 is 1.52 bits per heavy atom. The highest BCUT2D eigenvalue weighted by Gasteiger charge is 2.53. The van der Waals surface area contributed by atoms with Crippen molar-refractivity contribution in [2.45, 2.75) is 24.8 Å². The van der Waals surface area contributed by atoms with Gasteiger partial charge in [-0.3, -0.25) is 14.5 Å². The van der Waals surface area contributed by atoms with Crippen LogP contribution in [0.3, 0.4) is 0 Å². The molecule has 122 valence electrons. The first-order chi connectivity index (χ1) is 11.0. The van der Waals surface area contributed by atoms with Crippen LogP contribution < -0.4 is 5.32 Å². The van der Waals surface area contributed by atoms with Gasteiger partial charge in [0.25, 0.3) is 5.91 Å². The molecule has 1 aromatic heterocycles. The van der Waals surface area contributed by atoms with Crippen molar-refractivity contribution in [3.63, 3.8) is 0 Å². The second-order valence-electron chi connectivity index (χ2n) is 5.33. The minimum absolute atomic E-state index is 0.0763. The number of β-lactam (4-membered cyclic amide) rings is 1. The molecule has 3 rings (SSSR count). The minimum atomic E-state index is -0.629. The summed E-state index contributed by atoms with van der Waals surface area (Å²) in [4.78, 5) is 37.6. The molecular weight excluding hydrogens is 320 g/mol. The number of hydrogen-bond donors (Lipinski definition) is 1. The highest BCUT2D eigenvalue weighted by molar-refractivity contribution is 8.00. The van der Waals surface area contributed by atoms with E-state index in [1.807, 2.05) is 0 Å². The first-order valence-corrected chi connectivity index (χ1v) is 8.12. The van der Waals surface area contributed by atoms with Crippen LogP contribution in [-0.2, 0) is 25.5 Å². The van der Waals surface area contributed by atoms with Crippen LogP contribution in [-0.4, -0.2) is 47.0 Å². The van der Waals surface area contributed by atoms with E-state index in [0.29, 0.717) is 11.5 Å². The molecule has 0 aromatic carbocycles. The smallest absolute Gasteiger partial charge is 0.354 e. The lowest BCUT2D eigenvalue weighted by Gasteiger charge is -2.49. The Bertz CT molecular complexity index is 682. The Morgan fingerprint density at radius 2 is 2.30 bits per heavy atom. The number of hydrogen-bond acceptors (Lipinski definition) is 6. The van der Waals surface area contributed by atoms with Gasteiger partial charge in [0.1, 0.15) is 22.9 Å². The van der Waals surface area contributed by atoms with Crippen LogP contribution in [0, 0.1) is 0 Å². The first kappa shape index (κ1) is 15.7. The zero-order valence-corrected chi connectivity index (χ0v) is 13.5. The highest BCUT2D eigenvalue weighted by atomic mass is 32.2. The molecule has 0 bridgehead atoms. The topological polar surface area (TPSA) is 88.8 Å². The molecule has 0 aliphatic carbocycles. The fourth-order valence-electron chi connectivity index (χ4n) is 2.65. The Hall–Kier alpha value is -2.22. The molecule has 2 aliphatic rings. The molecule has 1 unspecified atom stereocenters. The number of rotatable bonds is 4. The van der Waals surface area contributed by atoms with Crippen molar-refractivity contribution in [3.05, 3.63) is 35.4 Å². The van der Waals surface area contributed by atoms with Crippen LogP contribution in [0.25, 0.3) is 0 Å². The number of thioether (sulfide) groups is 1. The third kappa shape index (κ3) is 2.74. The minimum Gasteiger partial charge on any atom is -0.469 e. The molecule has 2 atom stereocenters. The summed E-state index contributed by atoms with van der Waals surface area (Å²) < 4.78 is 9.87. The lowest BCUT2D eigenvalue weighted by Crippen LogP contribution is -2.70. The summed E-state index contributed by atoms with van der Waals surface area (Å²) >= 11 is 1.52. The maximum Gasteiger partial charge on any atom is 0.354 e. The Balaban J connectivity index is 1.68. The van der Waals surface area contributed by atoms with Gasteiger partial charge in [0.15, 0.2) is 0 Å². The third-order valence-corrected chi connectivity index (χ3v) is 5.19. The quantitative estimate of drug-likeness (QED) is 0.642. The summed E-state index contributed by atoms with van der Waals surface area (Å²) in [6.45, 7) is 1.80. The number of methoxy groups -OCH3 is 1. The van der Waals surface area contributed by atoms with Crippen LogP contribution in [0.4, 0.5) is 0 Å². The average molecular weight is 336 g/mol. The zero-order chi connectivity index (χ0) is 16.6. The number of carbonyl (C=O) groups excluding carboxylic acids is 3. The average Bonchev–Trinajstić information content (AvgIpc) is 3.04. The van der Waals surface area contributed by atoms with E-state index in [0.717, 1.165) is 5.57 Å². The number of esters is 1. The molecule has 2 amide bonds. The van der Waals surface area contributed by atoms with Gasteiger partial charge in [-0.05, 0) is 24.6 Å². The van der Waals surface area contributed by atoms with E-state index in [2.05, 4.69) is 5.32 Å². The van der Waals surface area contributed by atoms with E-state index < -0.39 is 12.0 Å². The fraction of sp³-hybridized carbons (Fsp3) is 0.400. The Kier molecular flexibility index (Phi) is 4.16. The van der Waals surface area contributed by atoms with Crippen molar-refractivity contribution in [3.8, 4) is 0 Å². The number of amides is 2. The second-order valence-corrected chi connectivity index (χ2v) is 6.44. The number of nitrogens with zero attached hydrogens (tertiary/aromatic N) is 1. The standard InChI is InChI=1S/C15H16N2O5S/c1-8-7-23-14-11(13(19)17(14)12(8)15(20)21-2)16-10(18)6-9-4-3-5-22-9/h3-5,11,14H,6-7H2,1-2H3,(H,16,18)/t11?,14-/m0/s1. The van der Waals surface area contributed by atoms with Gasteiger partial charge >= 0.3 is 5.97 Å². The molecule has 0 saturated carbocycles. The molecule has 7 nitrogen and oxygen atoms in total. The number of carbonyl (C=O) groups is 3. The second kappa shape index (κ2) is 6.11. The molecule has 1 fully saturated rings. The van der Waals surface area contributed by atoms with Crippen molar-refractivity contribution in [2.24, 2.45) is 0 Å². The largest absolute Gasteiger partial charge is 0.469 e. The van der Waals surface area contributed by atoms with Crippen LogP contribution in [0.2, 0.25) is 0 Å². The van der Waals surface area contributed by atoms with Gasteiger partial charge < -0.3 is 14.5 Å². The van der Waals surface area contributed by atoms with E-state index in [1.54, 1.807) is 19.1 Å². The maximum atomic E-state index is 12.3. The monoisotopic (exact) mass is 336 g/mol. The van der Waals surface area contributed by atoms with Gasteiger partial charge in [-0.15, -0.1) is 11.8 Å². The SMILES string of the molecule is COC(=O)C1=C(C)CS[C@H]2C(NC(=O)Cc3ccco3)C(=O)N12. The summed E-state index contributed by atoms with van der Waals surface area (Å²) in [5.74, 6) is 0.0396. The molecule has 8 heteroatoms. The van der Waals surface area contributed by atoms with E-state index in [9.17, 15) is 14.4 Å². The molecule has 23 heavy (non-hydrogen) atoms. The van der Waals surface area contributed by atoms with E-state index in [4.69, 9.17) is 9.15 Å². The molecule has 0 spiro atoms. The Morgan fingerprint density at radius 3 is 2.96 bits per heavy atom. The normalized spacial score (nSPS) is 23.2. The van der Waals surface area contributed by atoms with E-state index >= 15 is 0 Å². The lowest BCUT2D eigenvalue weighted by atomic mass is 10.0. The highest BCUT2D eigenvalue weighted by Crippen LogP contribution is 2.40. The van der Waals surface area contributed by atoms with Crippen LogP contribution in [0.5, 0.6) is 0 Å². The summed E-state index contributed by atoms with van der Waals surface area (Å²) in [5, 5.41) is 2.43. The predicted molar refractivity (Wildman–Crippen MR) is 82.2 cm³/mol. The van der Waals surface area contributed by atoms with Gasteiger partial charge in [-0.25, -0.2) is 4.79 Å². The number of ether oxygens (including phenoxy) is 1. The molecular formula is C15H16N2O5S. The van der Waals surface area contributed by atoms with Gasteiger partial charge in [0.2, 0.25) is 5.91 Å². The number of nitrogens with one attached hydrogen (secondary N) is 1. The van der Waals surface area contributed by atoms with Gasteiger partial charge in [0, 0.05) is 5.75 Å². The molecule has 1 aromatic rings. The van der Waals surface area contributed by atoms with Crippen molar-refractivity contribution in [2.75, 3.05) is 12.9 Å². The van der Waals surface area contributed by atoms with Crippen LogP contribution in [0.1, 0.15) is 12.7 Å². The summed E-state index contributed by atoms with van der Waals surface area (Å²) in [7, 11) is 1.28. The van der Waals surface area contributed by atoms with Gasteiger partial charge in [-0.2, -0.15) is 0 Å². The van der Waals surface area contributed by atoms with Crippen molar-refractivity contribution < 1.29 is 23.5 Å². The van der Waals surface area contributed by atoms with Crippen LogP contribution in [0.15, 0.2) is 34.1 Å². The third-order valence-electron chi connectivity index (χ3n) is 3.77. The Labute approximate surface area is 137 Å². The molecule has 3 heterocycles. The number of fused-ring (bicyclic) bond motifs is 1. The molecule has 1 N–H and O–H groups in total. The zero-order valence-electron chi connectivity index (χ0n) is 12.7. The van der Waals surface area contributed by atoms with Crippen molar-refractivity contribution in [1.82, 2.24) is 10.2 Å². The predicted octanol–water partition coefficient (Wildman–Crippen LogP) is 0.669. The molecule has 1 saturated heterocycles. The summed E-state index contributed by atoms with van der Waals surface area (Å²) in [5.41, 5.74) is 1.09. The summed E-state index contributed by atoms with van der Waals surface area (Å²) in [6, 6.07) is 2.77. The first-order valence-electron chi connectivity index (χ1n) is 7.07. The number of furan rings is 1.